The summed E-state index contributed by atoms with van der Waals surface area (Å²) in [6.07, 6.45) is 12.4. The lowest BCUT2D eigenvalue weighted by atomic mass is 9.93. The molecule has 4 rings (SSSR count). The van der Waals surface area contributed by atoms with E-state index in [4.69, 9.17) is 0 Å². The molecule has 27 heavy (non-hydrogen) atoms. The van der Waals surface area contributed by atoms with Crippen LogP contribution in [-0.2, 0) is 25.7 Å². The van der Waals surface area contributed by atoms with Crippen molar-refractivity contribution in [2.24, 2.45) is 0 Å². The molecule has 1 heterocycles. The van der Waals surface area contributed by atoms with Gasteiger partial charge in [0.15, 0.2) is 0 Å². The van der Waals surface area contributed by atoms with Gasteiger partial charge in [0.05, 0.1) is 11.6 Å². The Labute approximate surface area is 164 Å². The van der Waals surface area contributed by atoms with Gasteiger partial charge < -0.3 is 5.32 Å². The molecular formula is C21H23N5S. The summed E-state index contributed by atoms with van der Waals surface area (Å²) in [5.41, 5.74) is 7.22. The minimum Gasteiger partial charge on any atom is -0.324 e. The maximum absolute atomic E-state index is 9.69. The van der Waals surface area contributed by atoms with Crippen molar-refractivity contribution in [1.29, 1.82) is 5.26 Å². The van der Waals surface area contributed by atoms with Gasteiger partial charge in [0.25, 0.3) is 0 Å². The van der Waals surface area contributed by atoms with Crippen molar-refractivity contribution in [2.75, 3.05) is 5.32 Å². The molecular weight excluding hydrogens is 354 g/mol. The first-order valence-corrected chi connectivity index (χ1v) is 10.3. The Morgan fingerprint density at radius 2 is 1.78 bits per heavy atom. The molecule has 1 aromatic heterocycles. The fourth-order valence-corrected chi connectivity index (χ4v) is 4.93. The fraction of sp³-hybridized carbons (Fsp3) is 0.381. The van der Waals surface area contributed by atoms with Gasteiger partial charge in [-0.05, 0) is 86.4 Å². The van der Waals surface area contributed by atoms with Crippen molar-refractivity contribution in [3.05, 3.63) is 51.0 Å². The molecule has 0 spiro atoms. The molecule has 0 aliphatic heterocycles. The van der Waals surface area contributed by atoms with Gasteiger partial charge in [-0.1, -0.05) is 18.2 Å². The molecule has 0 bridgehead atoms. The second-order valence-electron chi connectivity index (χ2n) is 6.87. The van der Waals surface area contributed by atoms with E-state index in [2.05, 4.69) is 38.7 Å². The number of nitriles is 1. The average molecular weight is 378 g/mol. The number of nitrogens with one attached hydrogen (secondary N) is 2. The summed E-state index contributed by atoms with van der Waals surface area (Å²) in [5.74, 6) is 0.668. The molecule has 138 valence electrons. The fourth-order valence-electron chi connectivity index (χ4n) is 4.17. The van der Waals surface area contributed by atoms with Crippen molar-refractivity contribution in [2.45, 2.75) is 57.5 Å². The van der Waals surface area contributed by atoms with Crippen LogP contribution in [0.25, 0.3) is 0 Å². The number of benzene rings is 1. The second kappa shape index (κ2) is 7.61. The number of fused-ring (bicyclic) bond motifs is 2. The molecule has 0 unspecified atom stereocenters. The second-order valence-corrected chi connectivity index (χ2v) is 7.91. The number of hydrogen-bond donors (Lipinski definition) is 2. The van der Waals surface area contributed by atoms with E-state index in [1.54, 1.807) is 0 Å². The first-order valence-electron chi connectivity index (χ1n) is 9.51. The van der Waals surface area contributed by atoms with Gasteiger partial charge in [-0.25, -0.2) is 5.10 Å². The SMILES string of the molecule is C/C=C\C(=C/C)Sc1n[nH]c(Nc2c3c(c(C#N)c4c2CCC4)CCC3)n1. The molecule has 0 amide bonds. The summed E-state index contributed by atoms with van der Waals surface area (Å²) < 4.78 is 0. The minimum absolute atomic E-state index is 0.668. The molecule has 5 nitrogen and oxygen atoms in total. The van der Waals surface area contributed by atoms with E-state index in [9.17, 15) is 5.26 Å². The van der Waals surface area contributed by atoms with Crippen LogP contribution in [0.4, 0.5) is 11.6 Å². The van der Waals surface area contributed by atoms with Gasteiger partial charge >= 0.3 is 0 Å². The van der Waals surface area contributed by atoms with E-state index < -0.39 is 0 Å². The topological polar surface area (TPSA) is 77.4 Å². The van der Waals surface area contributed by atoms with E-state index >= 15 is 0 Å². The van der Waals surface area contributed by atoms with Crippen LogP contribution in [0.15, 0.2) is 28.3 Å². The molecule has 2 aliphatic carbocycles. The zero-order valence-corrected chi connectivity index (χ0v) is 16.5. The van der Waals surface area contributed by atoms with Crippen LogP contribution in [0, 0.1) is 11.3 Å². The summed E-state index contributed by atoms with van der Waals surface area (Å²) in [7, 11) is 0. The quantitative estimate of drug-likeness (QED) is 0.568. The van der Waals surface area contributed by atoms with E-state index in [0.717, 1.165) is 49.0 Å². The van der Waals surface area contributed by atoms with Crippen molar-refractivity contribution in [3.8, 4) is 6.07 Å². The Kier molecular flexibility index (Phi) is 5.04. The molecule has 1 aromatic carbocycles. The average Bonchev–Trinajstić information content (AvgIpc) is 3.42. The number of hydrogen-bond acceptors (Lipinski definition) is 5. The largest absolute Gasteiger partial charge is 0.324 e. The highest BCUT2D eigenvalue weighted by Gasteiger charge is 2.29. The van der Waals surface area contributed by atoms with E-state index in [1.807, 2.05) is 19.9 Å². The van der Waals surface area contributed by atoms with Crippen molar-refractivity contribution >= 4 is 23.4 Å². The van der Waals surface area contributed by atoms with E-state index in [-0.39, 0.29) is 0 Å². The summed E-state index contributed by atoms with van der Waals surface area (Å²) in [6, 6.07) is 2.48. The Balaban J connectivity index is 1.66. The number of H-pyrrole nitrogens is 1. The summed E-state index contributed by atoms with van der Waals surface area (Å²) >= 11 is 1.54. The standard InChI is InChI=1S/C21H23N5S/c1-3-7-13(4-2)27-21-24-20(25-26-21)23-19-16-10-5-8-14(16)18(12-22)15-9-6-11-17(15)19/h3-4,7H,5-6,8-11H2,1-2H3,(H2,23,24,25,26)/b7-3-,13-4+. The maximum Gasteiger partial charge on any atom is 0.224 e. The normalized spacial score (nSPS) is 15.8. The Morgan fingerprint density at radius 1 is 1.11 bits per heavy atom. The Morgan fingerprint density at radius 3 is 2.37 bits per heavy atom. The monoisotopic (exact) mass is 377 g/mol. The summed E-state index contributed by atoms with van der Waals surface area (Å²) in [5, 5.41) is 21.3. The number of nitrogens with zero attached hydrogens (tertiary/aromatic N) is 3. The van der Waals surface area contributed by atoms with Gasteiger partial charge in [-0.2, -0.15) is 10.2 Å². The van der Waals surface area contributed by atoms with Crippen LogP contribution < -0.4 is 5.32 Å². The van der Waals surface area contributed by atoms with Gasteiger partial charge in [0.2, 0.25) is 11.1 Å². The number of aromatic amines is 1. The highest BCUT2D eigenvalue weighted by atomic mass is 32.2. The first-order chi connectivity index (χ1) is 13.2. The van der Waals surface area contributed by atoms with Crippen LogP contribution in [0.2, 0.25) is 0 Å². The zero-order valence-electron chi connectivity index (χ0n) is 15.7. The zero-order chi connectivity index (χ0) is 18.8. The van der Waals surface area contributed by atoms with Crippen LogP contribution in [0.5, 0.6) is 0 Å². The lowest BCUT2D eigenvalue weighted by molar-refractivity contribution is 0.896. The highest BCUT2D eigenvalue weighted by molar-refractivity contribution is 8.03. The number of anilines is 2. The van der Waals surface area contributed by atoms with Gasteiger partial charge in [-0.15, -0.1) is 5.10 Å². The molecule has 0 fully saturated rings. The lowest BCUT2D eigenvalue weighted by Gasteiger charge is -2.17. The van der Waals surface area contributed by atoms with Gasteiger partial charge in [0, 0.05) is 10.6 Å². The summed E-state index contributed by atoms with van der Waals surface area (Å²) in [6.45, 7) is 4.01. The Bertz CT molecular complexity index is 942. The van der Waals surface area contributed by atoms with Crippen LogP contribution in [0.1, 0.15) is 54.5 Å². The smallest absolute Gasteiger partial charge is 0.224 e. The number of rotatable bonds is 5. The van der Waals surface area contributed by atoms with Gasteiger partial charge in [-0.3, -0.25) is 0 Å². The summed E-state index contributed by atoms with van der Waals surface area (Å²) in [4.78, 5) is 5.73. The molecule has 0 atom stereocenters. The highest BCUT2D eigenvalue weighted by Crippen LogP contribution is 2.42. The van der Waals surface area contributed by atoms with Crippen molar-refractivity contribution in [3.63, 3.8) is 0 Å². The molecule has 6 heteroatoms. The van der Waals surface area contributed by atoms with E-state index in [0.29, 0.717) is 11.1 Å². The van der Waals surface area contributed by atoms with Gasteiger partial charge in [0.1, 0.15) is 0 Å². The third-order valence-electron chi connectivity index (χ3n) is 5.29. The van der Waals surface area contributed by atoms with Crippen molar-refractivity contribution < 1.29 is 0 Å². The number of aromatic nitrogens is 3. The molecule has 2 aliphatic rings. The van der Waals surface area contributed by atoms with Crippen LogP contribution >= 0.6 is 11.8 Å². The van der Waals surface area contributed by atoms with Crippen LogP contribution in [-0.4, -0.2) is 15.2 Å². The third-order valence-corrected chi connectivity index (χ3v) is 6.26. The predicted molar refractivity (Wildman–Crippen MR) is 109 cm³/mol. The number of thioether (sulfide) groups is 1. The Hall–Kier alpha value is -2.52. The van der Waals surface area contributed by atoms with E-state index in [1.165, 1.54) is 39.7 Å². The number of allylic oxidation sites excluding steroid dienone is 3. The maximum atomic E-state index is 9.69. The molecule has 0 radical (unpaired) electrons. The van der Waals surface area contributed by atoms with Crippen molar-refractivity contribution in [1.82, 2.24) is 15.2 Å². The lowest BCUT2D eigenvalue weighted by Crippen LogP contribution is -2.05. The predicted octanol–water partition coefficient (Wildman–Crippen LogP) is 4.97. The third kappa shape index (κ3) is 3.28. The minimum atomic E-state index is 0.668. The van der Waals surface area contributed by atoms with Crippen LogP contribution in [0.3, 0.4) is 0 Å². The molecule has 0 saturated heterocycles. The molecule has 2 aromatic rings. The molecule has 0 saturated carbocycles. The molecule has 2 N–H and O–H groups in total. The first kappa shape index (κ1) is 17.9.